The molecular weight excluding hydrogens is 366 g/mol. The Hall–Kier alpha value is -2.35. The Morgan fingerprint density at radius 1 is 1.14 bits per heavy atom. The van der Waals surface area contributed by atoms with Crippen molar-refractivity contribution in [1.29, 1.82) is 0 Å². The van der Waals surface area contributed by atoms with Gasteiger partial charge in [0.2, 0.25) is 6.41 Å². The molecule has 0 aliphatic carbocycles. The quantitative estimate of drug-likeness (QED) is 0.776. The van der Waals surface area contributed by atoms with Crippen LogP contribution >= 0.6 is 0 Å². The minimum absolute atomic E-state index is 0.0645. The number of aromatic nitrogens is 3. The van der Waals surface area contributed by atoms with Crippen molar-refractivity contribution in [3.63, 3.8) is 0 Å². The zero-order valence-electron chi connectivity index (χ0n) is 17.3. The molecule has 3 saturated heterocycles. The van der Waals surface area contributed by atoms with Gasteiger partial charge in [-0.1, -0.05) is 6.92 Å². The highest BCUT2D eigenvalue weighted by molar-refractivity contribution is 5.61. The second-order valence-electron chi connectivity index (χ2n) is 8.51. The van der Waals surface area contributed by atoms with E-state index in [1.807, 2.05) is 9.42 Å². The lowest BCUT2D eigenvalue weighted by Crippen LogP contribution is -2.51. The van der Waals surface area contributed by atoms with Gasteiger partial charge in [0.15, 0.2) is 5.65 Å². The maximum atomic E-state index is 11.6. The predicted molar refractivity (Wildman–Crippen MR) is 113 cm³/mol. The second-order valence-corrected chi connectivity index (χ2v) is 8.51. The number of hydrogen-bond acceptors (Lipinski definition) is 6. The maximum Gasteiger partial charge on any atom is 0.210 e. The van der Waals surface area contributed by atoms with Crippen LogP contribution in [0.15, 0.2) is 12.1 Å². The molecule has 0 aromatic carbocycles. The Morgan fingerprint density at radius 2 is 2.03 bits per heavy atom. The fourth-order valence-corrected chi connectivity index (χ4v) is 4.76. The number of piperidine rings is 1. The summed E-state index contributed by atoms with van der Waals surface area (Å²) >= 11 is 0. The number of nitrogens with one attached hydrogen (secondary N) is 1. The van der Waals surface area contributed by atoms with E-state index in [0.29, 0.717) is 6.04 Å². The van der Waals surface area contributed by atoms with Crippen molar-refractivity contribution in [3.8, 4) is 0 Å². The topological polar surface area (TPSA) is 69.0 Å². The van der Waals surface area contributed by atoms with Crippen molar-refractivity contribution in [3.05, 3.63) is 17.8 Å². The first-order chi connectivity index (χ1) is 14.3. The summed E-state index contributed by atoms with van der Waals surface area (Å²) in [6.45, 7) is 8.13. The smallest absolute Gasteiger partial charge is 0.210 e. The van der Waals surface area contributed by atoms with Crippen molar-refractivity contribution in [2.24, 2.45) is 0 Å². The third kappa shape index (κ3) is 3.43. The van der Waals surface area contributed by atoms with Crippen LogP contribution in [0.2, 0.25) is 0 Å². The van der Waals surface area contributed by atoms with Crippen LogP contribution in [-0.2, 0) is 4.79 Å². The van der Waals surface area contributed by atoms with E-state index in [1.165, 1.54) is 6.42 Å². The molecule has 29 heavy (non-hydrogen) atoms. The minimum atomic E-state index is 0.0645. The molecule has 5 heterocycles. The van der Waals surface area contributed by atoms with Gasteiger partial charge in [0, 0.05) is 57.4 Å². The summed E-state index contributed by atoms with van der Waals surface area (Å²) in [7, 11) is 0. The molecule has 8 heteroatoms. The number of amides is 1. The molecule has 1 N–H and O–H groups in total. The van der Waals surface area contributed by atoms with E-state index in [0.717, 1.165) is 94.3 Å². The Kier molecular flexibility index (Phi) is 5.03. The van der Waals surface area contributed by atoms with E-state index < -0.39 is 0 Å². The van der Waals surface area contributed by atoms with Crippen molar-refractivity contribution in [1.82, 2.24) is 24.8 Å². The van der Waals surface area contributed by atoms with Gasteiger partial charge in [-0.2, -0.15) is 9.61 Å². The molecule has 0 radical (unpaired) electrons. The van der Waals surface area contributed by atoms with E-state index in [9.17, 15) is 4.79 Å². The normalized spacial score (nSPS) is 25.3. The highest BCUT2D eigenvalue weighted by atomic mass is 16.1. The van der Waals surface area contributed by atoms with Crippen LogP contribution in [0.3, 0.4) is 0 Å². The van der Waals surface area contributed by atoms with Crippen LogP contribution in [0.1, 0.15) is 50.8 Å². The van der Waals surface area contributed by atoms with Crippen LogP contribution < -0.4 is 15.1 Å². The van der Waals surface area contributed by atoms with Gasteiger partial charge in [0.1, 0.15) is 11.6 Å². The molecule has 0 saturated carbocycles. The summed E-state index contributed by atoms with van der Waals surface area (Å²) in [5, 5.41) is 8.58. The predicted octanol–water partition coefficient (Wildman–Crippen LogP) is 1.81. The first kappa shape index (κ1) is 18.7. The number of hydrogen-bond donors (Lipinski definition) is 1. The molecule has 0 spiro atoms. The summed E-state index contributed by atoms with van der Waals surface area (Å²) in [4.78, 5) is 23.2. The molecule has 2 aromatic heterocycles. The van der Waals surface area contributed by atoms with Gasteiger partial charge in [-0.25, -0.2) is 4.98 Å². The molecule has 0 unspecified atom stereocenters. The van der Waals surface area contributed by atoms with Crippen LogP contribution in [0.5, 0.6) is 0 Å². The fraction of sp³-hybridized carbons (Fsp3) is 0.667. The molecule has 0 bridgehead atoms. The van der Waals surface area contributed by atoms with Gasteiger partial charge in [-0.3, -0.25) is 4.79 Å². The summed E-state index contributed by atoms with van der Waals surface area (Å²) in [6, 6.07) is 4.87. The zero-order chi connectivity index (χ0) is 19.8. The lowest BCUT2D eigenvalue weighted by atomic mass is 10.0. The van der Waals surface area contributed by atoms with Gasteiger partial charge < -0.3 is 20.0 Å². The van der Waals surface area contributed by atoms with E-state index in [2.05, 4.69) is 34.2 Å². The summed E-state index contributed by atoms with van der Waals surface area (Å²) in [5.41, 5.74) is 1.86. The molecule has 2 atom stereocenters. The van der Waals surface area contributed by atoms with E-state index in [4.69, 9.17) is 10.1 Å². The van der Waals surface area contributed by atoms with Crippen LogP contribution in [-0.4, -0.2) is 71.2 Å². The standard InChI is InChI=1S/C21H31N7O/c1-2-16-14-26(11-7-22-16)21-13-19(25-9-5-10-25)23-20-12-17(24-28(20)21)18-6-3-4-8-27(18)15-29/h12-13,15-16,18,22H,2-11,14H2,1H3/t16-,18+/m1/s1. The summed E-state index contributed by atoms with van der Waals surface area (Å²) < 4.78 is 2.01. The van der Waals surface area contributed by atoms with Crippen molar-refractivity contribution in [2.45, 2.75) is 51.1 Å². The number of carbonyl (C=O) groups is 1. The summed E-state index contributed by atoms with van der Waals surface area (Å²) in [5.74, 6) is 2.17. The SMILES string of the molecule is CC[C@@H]1CN(c2cc(N3CCC3)nc3cc([C@@H]4CCCCN4C=O)nn23)CCN1. The highest BCUT2D eigenvalue weighted by Crippen LogP contribution is 2.32. The number of piperazine rings is 1. The average molecular weight is 398 g/mol. The largest absolute Gasteiger partial charge is 0.356 e. The molecule has 8 nitrogen and oxygen atoms in total. The minimum Gasteiger partial charge on any atom is -0.356 e. The van der Waals surface area contributed by atoms with Gasteiger partial charge in [-0.15, -0.1) is 0 Å². The molecule has 3 aliphatic rings. The first-order valence-corrected chi connectivity index (χ1v) is 11.1. The molecule has 3 aliphatic heterocycles. The van der Waals surface area contributed by atoms with Crippen LogP contribution in [0, 0.1) is 0 Å². The van der Waals surface area contributed by atoms with Gasteiger partial charge in [0.25, 0.3) is 0 Å². The monoisotopic (exact) mass is 397 g/mol. The Bertz CT molecular complexity index is 877. The lowest BCUT2D eigenvalue weighted by Gasteiger charge is -2.36. The van der Waals surface area contributed by atoms with Crippen molar-refractivity contribution < 1.29 is 4.79 Å². The number of rotatable bonds is 5. The van der Waals surface area contributed by atoms with Gasteiger partial charge in [-0.05, 0) is 32.1 Å². The number of anilines is 2. The van der Waals surface area contributed by atoms with E-state index >= 15 is 0 Å². The molecule has 5 rings (SSSR count). The van der Waals surface area contributed by atoms with E-state index in [1.54, 1.807) is 0 Å². The Labute approximate surface area is 171 Å². The third-order valence-corrected chi connectivity index (χ3v) is 6.69. The Balaban J connectivity index is 1.56. The molecule has 2 aromatic rings. The van der Waals surface area contributed by atoms with Crippen LogP contribution in [0.4, 0.5) is 11.6 Å². The maximum absolute atomic E-state index is 11.6. The summed E-state index contributed by atoms with van der Waals surface area (Å²) in [6.07, 6.45) is 6.51. The Morgan fingerprint density at radius 3 is 2.79 bits per heavy atom. The second kappa shape index (κ2) is 7.82. The highest BCUT2D eigenvalue weighted by Gasteiger charge is 2.28. The van der Waals surface area contributed by atoms with Crippen molar-refractivity contribution in [2.75, 3.05) is 49.1 Å². The van der Waals surface area contributed by atoms with Crippen LogP contribution in [0.25, 0.3) is 5.65 Å². The van der Waals surface area contributed by atoms with Gasteiger partial charge in [0.05, 0.1) is 11.7 Å². The zero-order valence-corrected chi connectivity index (χ0v) is 17.3. The molecule has 3 fully saturated rings. The molecule has 156 valence electrons. The number of likely N-dealkylation sites (tertiary alicyclic amines) is 1. The molecular formula is C21H31N7O. The van der Waals surface area contributed by atoms with Crippen molar-refractivity contribution >= 4 is 23.7 Å². The van der Waals surface area contributed by atoms with E-state index in [-0.39, 0.29) is 6.04 Å². The third-order valence-electron chi connectivity index (χ3n) is 6.69. The average Bonchev–Trinajstić information content (AvgIpc) is 3.16. The first-order valence-electron chi connectivity index (χ1n) is 11.1. The number of fused-ring (bicyclic) bond motifs is 1. The lowest BCUT2D eigenvalue weighted by molar-refractivity contribution is -0.121. The molecule has 1 amide bonds. The van der Waals surface area contributed by atoms with Gasteiger partial charge >= 0.3 is 0 Å². The number of carbonyl (C=O) groups excluding carboxylic acids is 1. The fourth-order valence-electron chi connectivity index (χ4n) is 4.76. The number of nitrogens with zero attached hydrogens (tertiary/aromatic N) is 6.